The first kappa shape index (κ1) is 19.4. The third kappa shape index (κ3) is 3.83. The Balaban J connectivity index is 2.02. The number of rotatable bonds is 7. The number of methoxy groups -OCH3 is 2. The van der Waals surface area contributed by atoms with Crippen molar-refractivity contribution in [1.29, 1.82) is 0 Å². The minimum atomic E-state index is -0.576. The summed E-state index contributed by atoms with van der Waals surface area (Å²) in [6, 6.07) is 11.2. The molecule has 0 aliphatic heterocycles. The van der Waals surface area contributed by atoms with Crippen molar-refractivity contribution in [1.82, 2.24) is 10.2 Å². The maximum Gasteiger partial charge on any atom is 0.258 e. The van der Waals surface area contributed by atoms with Crippen LogP contribution in [0.2, 0.25) is 0 Å². The van der Waals surface area contributed by atoms with Gasteiger partial charge in [0.2, 0.25) is 0 Å². The van der Waals surface area contributed by atoms with Gasteiger partial charge in [-0.3, -0.25) is 9.89 Å². The number of nitrogens with zero attached hydrogens (tertiary/aromatic N) is 1. The highest BCUT2D eigenvalue weighted by Crippen LogP contribution is 2.36. The summed E-state index contributed by atoms with van der Waals surface area (Å²) in [6.45, 7) is 2.03. The Morgan fingerprint density at radius 2 is 1.89 bits per heavy atom. The zero-order valence-electron chi connectivity index (χ0n) is 16.0. The van der Waals surface area contributed by atoms with Crippen LogP contribution in [0.3, 0.4) is 0 Å². The van der Waals surface area contributed by atoms with Crippen LogP contribution in [-0.2, 0) is 6.42 Å². The van der Waals surface area contributed by atoms with Crippen LogP contribution in [0.15, 0.2) is 42.5 Å². The Hall–Kier alpha value is -3.35. The second kappa shape index (κ2) is 8.56. The summed E-state index contributed by atoms with van der Waals surface area (Å²) in [7, 11) is 3.11. The summed E-state index contributed by atoms with van der Waals surface area (Å²) in [5, 5.41) is 10.2. The number of benzene rings is 2. The Kier molecular flexibility index (Phi) is 5.93. The summed E-state index contributed by atoms with van der Waals surface area (Å²) in [5.41, 5.74) is 2.57. The molecule has 0 saturated carbocycles. The standard InChI is InChI=1S/C21H22FN3O3/c1-4-7-16-20(23-21(26)14-8-5-6-9-15(14)22)19(25-24-16)13-10-11-17(27-2)18(12-13)28-3/h5-6,8-12H,4,7H2,1-3H3,(H,23,26)(H,24,25). The average Bonchev–Trinajstić information content (AvgIpc) is 3.10. The largest absolute Gasteiger partial charge is 0.493 e. The lowest BCUT2D eigenvalue weighted by Gasteiger charge is -2.11. The quantitative estimate of drug-likeness (QED) is 0.632. The van der Waals surface area contributed by atoms with Crippen LogP contribution in [0.1, 0.15) is 29.4 Å². The number of H-pyrrole nitrogens is 1. The molecule has 0 unspecified atom stereocenters. The molecule has 0 saturated heterocycles. The van der Waals surface area contributed by atoms with E-state index in [0.29, 0.717) is 29.3 Å². The Morgan fingerprint density at radius 3 is 2.57 bits per heavy atom. The van der Waals surface area contributed by atoms with Gasteiger partial charge in [0.25, 0.3) is 5.91 Å². The molecule has 0 fully saturated rings. The number of carbonyl (C=O) groups is 1. The van der Waals surface area contributed by atoms with Crippen LogP contribution in [0.25, 0.3) is 11.3 Å². The monoisotopic (exact) mass is 383 g/mol. The van der Waals surface area contributed by atoms with E-state index in [1.165, 1.54) is 12.1 Å². The molecular formula is C21H22FN3O3. The van der Waals surface area contributed by atoms with Gasteiger partial charge in [-0.25, -0.2) is 4.39 Å². The number of aromatic nitrogens is 2. The highest BCUT2D eigenvalue weighted by atomic mass is 19.1. The molecule has 6 nitrogen and oxygen atoms in total. The molecule has 7 heteroatoms. The van der Waals surface area contributed by atoms with Gasteiger partial charge in [-0.15, -0.1) is 0 Å². The lowest BCUT2D eigenvalue weighted by Crippen LogP contribution is -2.15. The summed E-state index contributed by atoms with van der Waals surface area (Å²) < 4.78 is 24.6. The van der Waals surface area contributed by atoms with E-state index in [2.05, 4.69) is 15.5 Å². The number of carbonyl (C=O) groups excluding carboxylic acids is 1. The van der Waals surface area contributed by atoms with E-state index < -0.39 is 11.7 Å². The predicted molar refractivity (Wildman–Crippen MR) is 105 cm³/mol. The lowest BCUT2D eigenvalue weighted by atomic mass is 10.1. The topological polar surface area (TPSA) is 76.2 Å². The van der Waals surface area contributed by atoms with Gasteiger partial charge in [0, 0.05) is 5.56 Å². The van der Waals surface area contributed by atoms with Crippen molar-refractivity contribution in [3.8, 4) is 22.8 Å². The Labute approximate surface area is 162 Å². The number of amides is 1. The molecule has 1 heterocycles. The van der Waals surface area contributed by atoms with Gasteiger partial charge < -0.3 is 14.8 Å². The molecule has 0 aliphatic rings. The molecule has 28 heavy (non-hydrogen) atoms. The number of ether oxygens (including phenoxy) is 2. The van der Waals surface area contributed by atoms with Crippen molar-refractivity contribution in [3.63, 3.8) is 0 Å². The molecule has 0 spiro atoms. The average molecular weight is 383 g/mol. The predicted octanol–water partition coefficient (Wildman–Crippen LogP) is 4.44. The lowest BCUT2D eigenvalue weighted by molar-refractivity contribution is 0.102. The number of aryl methyl sites for hydroxylation is 1. The second-order valence-corrected chi connectivity index (χ2v) is 6.18. The maximum atomic E-state index is 14.0. The van der Waals surface area contributed by atoms with Crippen LogP contribution in [0.4, 0.5) is 10.1 Å². The maximum absolute atomic E-state index is 14.0. The minimum absolute atomic E-state index is 0.0237. The van der Waals surface area contributed by atoms with Crippen LogP contribution in [0.5, 0.6) is 11.5 Å². The number of nitrogens with one attached hydrogen (secondary N) is 2. The molecule has 3 aromatic rings. The van der Waals surface area contributed by atoms with Gasteiger partial charge in [0.1, 0.15) is 11.5 Å². The van der Waals surface area contributed by atoms with Crippen molar-refractivity contribution >= 4 is 11.6 Å². The Bertz CT molecular complexity index is 985. The second-order valence-electron chi connectivity index (χ2n) is 6.18. The minimum Gasteiger partial charge on any atom is -0.493 e. The number of anilines is 1. The van der Waals surface area contributed by atoms with Gasteiger partial charge in [-0.05, 0) is 36.8 Å². The van der Waals surface area contributed by atoms with Gasteiger partial charge in [-0.2, -0.15) is 5.10 Å². The van der Waals surface area contributed by atoms with Gasteiger partial charge >= 0.3 is 0 Å². The third-order valence-electron chi connectivity index (χ3n) is 4.36. The number of aromatic amines is 1. The van der Waals surface area contributed by atoms with Crippen molar-refractivity contribution in [2.45, 2.75) is 19.8 Å². The number of hydrogen-bond donors (Lipinski definition) is 2. The molecule has 3 rings (SSSR count). The summed E-state index contributed by atoms with van der Waals surface area (Å²) in [5.74, 6) is 0.0331. The molecule has 2 N–H and O–H groups in total. The van der Waals surface area contributed by atoms with E-state index in [1.54, 1.807) is 38.5 Å². The molecule has 0 radical (unpaired) electrons. The molecule has 0 aliphatic carbocycles. The summed E-state index contributed by atoms with van der Waals surface area (Å²) >= 11 is 0. The van der Waals surface area contributed by atoms with Crippen LogP contribution < -0.4 is 14.8 Å². The van der Waals surface area contributed by atoms with Gasteiger partial charge in [-0.1, -0.05) is 25.5 Å². The number of halogens is 1. The van der Waals surface area contributed by atoms with E-state index in [4.69, 9.17) is 9.47 Å². The highest BCUT2D eigenvalue weighted by Gasteiger charge is 2.20. The van der Waals surface area contributed by atoms with Crippen molar-refractivity contribution in [2.24, 2.45) is 0 Å². The first-order valence-electron chi connectivity index (χ1n) is 8.94. The van der Waals surface area contributed by atoms with E-state index in [0.717, 1.165) is 17.7 Å². The highest BCUT2D eigenvalue weighted by molar-refractivity contribution is 6.06. The van der Waals surface area contributed by atoms with Gasteiger partial charge in [0.05, 0.1) is 31.2 Å². The first-order chi connectivity index (χ1) is 13.6. The van der Waals surface area contributed by atoms with E-state index >= 15 is 0 Å². The summed E-state index contributed by atoms with van der Waals surface area (Å²) in [6.07, 6.45) is 1.54. The SMILES string of the molecule is CCCc1[nH]nc(-c2ccc(OC)c(OC)c2)c1NC(=O)c1ccccc1F. The molecule has 2 aromatic carbocycles. The molecule has 146 valence electrons. The van der Waals surface area contributed by atoms with Crippen molar-refractivity contribution < 1.29 is 18.7 Å². The molecular weight excluding hydrogens is 361 g/mol. The molecule has 1 amide bonds. The fourth-order valence-corrected chi connectivity index (χ4v) is 2.96. The van der Waals surface area contributed by atoms with Gasteiger partial charge in [0.15, 0.2) is 11.5 Å². The van der Waals surface area contributed by atoms with Crippen molar-refractivity contribution in [3.05, 3.63) is 59.5 Å². The molecule has 0 atom stereocenters. The first-order valence-corrected chi connectivity index (χ1v) is 8.94. The molecule has 0 bridgehead atoms. The van der Waals surface area contributed by atoms with Crippen molar-refractivity contribution in [2.75, 3.05) is 19.5 Å². The van der Waals surface area contributed by atoms with E-state index in [9.17, 15) is 9.18 Å². The molecule has 1 aromatic heterocycles. The Morgan fingerprint density at radius 1 is 1.14 bits per heavy atom. The van der Waals surface area contributed by atoms with E-state index in [1.807, 2.05) is 13.0 Å². The van der Waals surface area contributed by atoms with Crippen LogP contribution in [-0.4, -0.2) is 30.3 Å². The fourth-order valence-electron chi connectivity index (χ4n) is 2.96. The zero-order valence-corrected chi connectivity index (χ0v) is 16.0. The third-order valence-corrected chi connectivity index (χ3v) is 4.36. The summed E-state index contributed by atoms with van der Waals surface area (Å²) in [4.78, 5) is 12.7. The van der Waals surface area contributed by atoms with Crippen LogP contribution in [0, 0.1) is 5.82 Å². The smallest absolute Gasteiger partial charge is 0.258 e. The normalized spacial score (nSPS) is 10.6. The fraction of sp³-hybridized carbons (Fsp3) is 0.238. The number of hydrogen-bond acceptors (Lipinski definition) is 4. The zero-order chi connectivity index (χ0) is 20.1. The van der Waals surface area contributed by atoms with E-state index in [-0.39, 0.29) is 5.56 Å². The van der Waals surface area contributed by atoms with Crippen LogP contribution >= 0.6 is 0 Å².